The molecule has 0 aliphatic heterocycles. The summed E-state index contributed by atoms with van der Waals surface area (Å²) in [6.45, 7) is 2.26. The van der Waals surface area contributed by atoms with Gasteiger partial charge in [-0.25, -0.2) is 13.2 Å². The second-order valence-electron chi connectivity index (χ2n) is 9.92. The molecule has 0 heterocycles. The maximum atomic E-state index is 14.9. The minimum Gasteiger partial charge on any atom is -0.207 e. The molecule has 4 rings (SSSR count). The summed E-state index contributed by atoms with van der Waals surface area (Å²) in [6.07, 6.45) is 14.0. The molecule has 2 aromatic carbocycles. The monoisotopic (exact) mass is 428 g/mol. The van der Waals surface area contributed by atoms with Crippen LogP contribution in [0.15, 0.2) is 36.4 Å². The standard InChI is InChI=1S/C28H35F3/c1-2-3-4-5-6-19-7-8-22-16-23(10-9-21(22)15-19)24-17-26(30)28(27(31)18-24)20-11-13-25(29)14-12-20/h11-14,17-19,21-23H,2-10,15-16H2,1H3/t19?,21-,22-,23-/m1/s1. The van der Waals surface area contributed by atoms with Crippen molar-refractivity contribution in [2.45, 2.75) is 83.5 Å². The van der Waals surface area contributed by atoms with Gasteiger partial charge in [0.25, 0.3) is 0 Å². The van der Waals surface area contributed by atoms with Gasteiger partial charge in [-0.3, -0.25) is 0 Å². The SMILES string of the molecule is CCCCCCC1CC[C@@H]2C[C@H](c3cc(F)c(-c4ccc(F)cc4)c(F)c3)CC[C@@H]2C1. The summed E-state index contributed by atoms with van der Waals surface area (Å²) in [5.41, 5.74) is 1.12. The average Bonchev–Trinajstić information content (AvgIpc) is 2.77. The van der Waals surface area contributed by atoms with E-state index >= 15 is 0 Å². The van der Waals surface area contributed by atoms with Gasteiger partial charge in [0.05, 0.1) is 5.56 Å². The fourth-order valence-electron chi connectivity index (χ4n) is 6.13. The Bertz CT molecular complexity index is 834. The maximum Gasteiger partial charge on any atom is 0.134 e. The van der Waals surface area contributed by atoms with Crippen molar-refractivity contribution >= 4 is 0 Å². The van der Waals surface area contributed by atoms with Gasteiger partial charge in [0.2, 0.25) is 0 Å². The minimum atomic E-state index is -0.542. The highest BCUT2D eigenvalue weighted by atomic mass is 19.1. The predicted octanol–water partition coefficient (Wildman–Crippen LogP) is 9.04. The molecule has 0 aromatic heterocycles. The second-order valence-corrected chi connectivity index (χ2v) is 9.92. The number of benzene rings is 2. The van der Waals surface area contributed by atoms with Crippen molar-refractivity contribution in [3.8, 4) is 11.1 Å². The van der Waals surface area contributed by atoms with Crippen LogP contribution < -0.4 is 0 Å². The lowest BCUT2D eigenvalue weighted by atomic mass is 9.63. The zero-order valence-electron chi connectivity index (χ0n) is 18.7. The molecule has 0 radical (unpaired) electrons. The zero-order valence-corrected chi connectivity index (χ0v) is 18.7. The van der Waals surface area contributed by atoms with Crippen LogP contribution in [-0.4, -0.2) is 0 Å². The van der Waals surface area contributed by atoms with Crippen molar-refractivity contribution in [1.82, 2.24) is 0 Å². The van der Waals surface area contributed by atoms with E-state index in [0.717, 1.165) is 30.2 Å². The third-order valence-electron chi connectivity index (χ3n) is 7.86. The number of fused-ring (bicyclic) bond motifs is 1. The Morgan fingerprint density at radius 2 is 1.45 bits per heavy atom. The number of rotatable bonds is 7. The summed E-state index contributed by atoms with van der Waals surface area (Å²) in [4.78, 5) is 0. The summed E-state index contributed by atoms with van der Waals surface area (Å²) in [7, 11) is 0. The van der Waals surface area contributed by atoms with E-state index < -0.39 is 17.5 Å². The highest BCUT2D eigenvalue weighted by molar-refractivity contribution is 5.65. The first-order chi connectivity index (χ1) is 15.0. The van der Waals surface area contributed by atoms with Crippen molar-refractivity contribution in [2.75, 3.05) is 0 Å². The minimum absolute atomic E-state index is 0.0546. The van der Waals surface area contributed by atoms with Crippen LogP contribution >= 0.6 is 0 Å². The Kier molecular flexibility index (Phi) is 7.40. The van der Waals surface area contributed by atoms with Crippen molar-refractivity contribution in [3.05, 3.63) is 59.4 Å². The highest BCUT2D eigenvalue weighted by Gasteiger charge is 2.36. The maximum absolute atomic E-state index is 14.9. The fourth-order valence-corrected chi connectivity index (χ4v) is 6.13. The Morgan fingerprint density at radius 1 is 0.774 bits per heavy atom. The van der Waals surface area contributed by atoms with Gasteiger partial charge in [0.15, 0.2) is 0 Å². The Morgan fingerprint density at radius 3 is 2.16 bits per heavy atom. The van der Waals surface area contributed by atoms with Crippen LogP contribution in [0, 0.1) is 35.2 Å². The predicted molar refractivity (Wildman–Crippen MR) is 121 cm³/mol. The van der Waals surface area contributed by atoms with E-state index in [4.69, 9.17) is 0 Å². The largest absolute Gasteiger partial charge is 0.207 e. The third kappa shape index (κ3) is 5.35. The van der Waals surface area contributed by atoms with Gasteiger partial charge in [0.1, 0.15) is 17.5 Å². The summed E-state index contributed by atoms with van der Waals surface area (Å²) in [6, 6.07) is 8.39. The van der Waals surface area contributed by atoms with Crippen LogP contribution in [0.1, 0.15) is 89.0 Å². The molecular weight excluding hydrogens is 393 g/mol. The van der Waals surface area contributed by atoms with Gasteiger partial charge < -0.3 is 0 Å². The molecule has 0 bridgehead atoms. The van der Waals surface area contributed by atoms with Gasteiger partial charge in [-0.2, -0.15) is 0 Å². The molecule has 2 aromatic rings. The van der Waals surface area contributed by atoms with Crippen LogP contribution in [-0.2, 0) is 0 Å². The lowest BCUT2D eigenvalue weighted by molar-refractivity contribution is 0.113. The Balaban J connectivity index is 1.39. The van der Waals surface area contributed by atoms with E-state index in [2.05, 4.69) is 6.92 Å². The van der Waals surface area contributed by atoms with E-state index in [-0.39, 0.29) is 11.5 Å². The van der Waals surface area contributed by atoms with E-state index in [1.807, 2.05) is 0 Å². The second kappa shape index (κ2) is 10.2. The fraction of sp³-hybridized carbons (Fsp3) is 0.571. The molecule has 1 unspecified atom stereocenters. The van der Waals surface area contributed by atoms with Gasteiger partial charge in [-0.05, 0) is 91.2 Å². The lowest BCUT2D eigenvalue weighted by Gasteiger charge is -2.42. The molecule has 2 aliphatic carbocycles. The topological polar surface area (TPSA) is 0 Å². The van der Waals surface area contributed by atoms with Crippen molar-refractivity contribution in [3.63, 3.8) is 0 Å². The molecule has 4 atom stereocenters. The Hall–Kier alpha value is -1.77. The molecular formula is C28H35F3. The van der Waals surface area contributed by atoms with Crippen LogP contribution in [0.3, 0.4) is 0 Å². The Labute approximate surface area is 185 Å². The van der Waals surface area contributed by atoms with Crippen molar-refractivity contribution in [1.29, 1.82) is 0 Å². The van der Waals surface area contributed by atoms with E-state index in [1.165, 1.54) is 94.2 Å². The normalized spacial score (nSPS) is 25.9. The molecule has 168 valence electrons. The molecule has 3 heteroatoms. The highest BCUT2D eigenvalue weighted by Crippen LogP contribution is 2.48. The van der Waals surface area contributed by atoms with Crippen LogP contribution in [0.25, 0.3) is 11.1 Å². The molecule has 0 spiro atoms. The molecule has 31 heavy (non-hydrogen) atoms. The first-order valence-electron chi connectivity index (χ1n) is 12.3. The quantitative estimate of drug-likeness (QED) is 0.386. The summed E-state index contributed by atoms with van der Waals surface area (Å²) in [5, 5.41) is 0. The van der Waals surface area contributed by atoms with E-state index in [1.54, 1.807) is 0 Å². The third-order valence-corrected chi connectivity index (χ3v) is 7.86. The van der Waals surface area contributed by atoms with Gasteiger partial charge in [0, 0.05) is 0 Å². The van der Waals surface area contributed by atoms with Crippen LogP contribution in [0.2, 0.25) is 0 Å². The average molecular weight is 429 g/mol. The molecule has 0 nitrogen and oxygen atoms in total. The molecule has 0 N–H and O–H groups in total. The van der Waals surface area contributed by atoms with Crippen LogP contribution in [0.5, 0.6) is 0 Å². The van der Waals surface area contributed by atoms with Gasteiger partial charge in [-0.15, -0.1) is 0 Å². The first kappa shape index (κ1) is 22.4. The first-order valence-corrected chi connectivity index (χ1v) is 12.3. The van der Waals surface area contributed by atoms with E-state index in [9.17, 15) is 13.2 Å². The number of unbranched alkanes of at least 4 members (excludes halogenated alkanes) is 3. The number of hydrogen-bond acceptors (Lipinski definition) is 0. The molecule has 0 saturated heterocycles. The summed E-state index contributed by atoms with van der Waals surface area (Å²) < 4.78 is 42.9. The summed E-state index contributed by atoms with van der Waals surface area (Å²) in [5.74, 6) is 1.14. The van der Waals surface area contributed by atoms with Gasteiger partial charge in [-0.1, -0.05) is 57.6 Å². The smallest absolute Gasteiger partial charge is 0.134 e. The number of halogens is 3. The number of hydrogen-bond donors (Lipinski definition) is 0. The van der Waals surface area contributed by atoms with Crippen molar-refractivity contribution in [2.24, 2.45) is 17.8 Å². The van der Waals surface area contributed by atoms with Crippen molar-refractivity contribution < 1.29 is 13.2 Å². The lowest BCUT2D eigenvalue weighted by Crippen LogP contribution is -2.30. The van der Waals surface area contributed by atoms with Gasteiger partial charge >= 0.3 is 0 Å². The molecule has 2 saturated carbocycles. The molecule has 0 amide bonds. The molecule has 2 fully saturated rings. The molecule has 2 aliphatic rings. The van der Waals surface area contributed by atoms with E-state index in [0.29, 0.717) is 11.5 Å². The van der Waals surface area contributed by atoms with Crippen LogP contribution in [0.4, 0.5) is 13.2 Å². The summed E-state index contributed by atoms with van der Waals surface area (Å²) >= 11 is 0. The zero-order chi connectivity index (χ0) is 21.8.